The first-order valence-electron chi connectivity index (χ1n) is 10.9. The summed E-state index contributed by atoms with van der Waals surface area (Å²) in [5, 5.41) is 0.853. The van der Waals surface area contributed by atoms with Crippen LogP contribution in [0.3, 0.4) is 0 Å². The molecule has 35 heavy (non-hydrogen) atoms. The van der Waals surface area contributed by atoms with E-state index in [9.17, 15) is 9.59 Å². The second-order valence-corrected chi connectivity index (χ2v) is 10.2. The monoisotopic (exact) mass is 522 g/mol. The first-order chi connectivity index (χ1) is 16.7. The van der Waals surface area contributed by atoms with Crippen LogP contribution in [0.25, 0.3) is 17.4 Å². The van der Waals surface area contributed by atoms with E-state index in [1.165, 1.54) is 18.3 Å². The predicted molar refractivity (Wildman–Crippen MR) is 140 cm³/mol. The summed E-state index contributed by atoms with van der Waals surface area (Å²) in [4.78, 5) is 31.4. The van der Waals surface area contributed by atoms with Crippen molar-refractivity contribution in [2.75, 3.05) is 0 Å². The summed E-state index contributed by atoms with van der Waals surface area (Å²) < 4.78 is 8.27. The number of carbonyl (C=O) groups is 1. The number of hydrogen-bond acceptors (Lipinski definition) is 5. The van der Waals surface area contributed by atoms with Crippen molar-refractivity contribution in [1.82, 2.24) is 4.57 Å². The first kappa shape index (κ1) is 23.5. The van der Waals surface area contributed by atoms with Crippen molar-refractivity contribution in [2.45, 2.75) is 26.8 Å². The van der Waals surface area contributed by atoms with Crippen LogP contribution in [0, 0.1) is 6.92 Å². The lowest BCUT2D eigenvalue weighted by Gasteiger charge is -2.22. The van der Waals surface area contributed by atoms with Gasteiger partial charge in [-0.25, -0.2) is 4.99 Å². The van der Waals surface area contributed by atoms with Crippen molar-refractivity contribution < 1.29 is 9.21 Å². The Kier molecular flexibility index (Phi) is 6.13. The lowest BCUT2D eigenvalue weighted by Crippen LogP contribution is -2.39. The Morgan fingerprint density at radius 2 is 1.80 bits per heavy atom. The number of aryl methyl sites for hydroxylation is 1. The number of carbonyl (C=O) groups excluding carboxylic acids is 1. The minimum Gasteiger partial charge on any atom is -0.458 e. The molecule has 1 atom stereocenters. The highest BCUT2D eigenvalue weighted by Gasteiger charge is 2.33. The zero-order valence-corrected chi connectivity index (χ0v) is 21.5. The highest BCUT2D eigenvalue weighted by molar-refractivity contribution is 7.07. The molecule has 5 rings (SSSR count). The molecule has 0 unspecified atom stereocenters. The molecule has 176 valence electrons. The molecule has 0 N–H and O–H groups in total. The molecule has 3 heterocycles. The fourth-order valence-electron chi connectivity index (χ4n) is 4.16. The number of aromatic nitrogens is 1. The maximum absolute atomic E-state index is 13.6. The number of halogens is 2. The Morgan fingerprint density at radius 1 is 1.06 bits per heavy atom. The van der Waals surface area contributed by atoms with Gasteiger partial charge in [-0.15, -0.1) is 0 Å². The number of Topliss-reactive ketones (excluding diaryl/α,β-unsaturated/α-hetero) is 1. The zero-order valence-electron chi connectivity index (χ0n) is 19.1. The van der Waals surface area contributed by atoms with Gasteiger partial charge < -0.3 is 4.42 Å². The summed E-state index contributed by atoms with van der Waals surface area (Å²) in [5.74, 6) is 0.850. The molecule has 8 heteroatoms. The Bertz CT molecular complexity index is 1690. The van der Waals surface area contributed by atoms with Gasteiger partial charge in [0.2, 0.25) is 0 Å². The predicted octanol–water partition coefficient (Wildman–Crippen LogP) is 5.70. The third-order valence-electron chi connectivity index (χ3n) is 5.88. The molecule has 0 radical (unpaired) electrons. The van der Waals surface area contributed by atoms with Gasteiger partial charge in [0.05, 0.1) is 14.6 Å². The number of rotatable bonds is 4. The molecule has 0 amide bonds. The van der Waals surface area contributed by atoms with Gasteiger partial charge in [0.25, 0.3) is 5.56 Å². The van der Waals surface area contributed by atoms with Gasteiger partial charge in [0.15, 0.2) is 10.6 Å². The molecular weight excluding hydrogens is 503 g/mol. The van der Waals surface area contributed by atoms with E-state index in [1.54, 1.807) is 41.8 Å². The van der Waals surface area contributed by atoms with E-state index >= 15 is 0 Å². The van der Waals surface area contributed by atoms with Gasteiger partial charge in [-0.05, 0) is 62.7 Å². The summed E-state index contributed by atoms with van der Waals surface area (Å²) in [6.45, 7) is 5.27. The molecular formula is C27H20Cl2N2O3S. The third-order valence-corrected chi connectivity index (χ3v) is 7.60. The van der Waals surface area contributed by atoms with Crippen LogP contribution < -0.4 is 14.9 Å². The van der Waals surface area contributed by atoms with E-state index in [1.807, 2.05) is 37.3 Å². The van der Waals surface area contributed by atoms with Crippen molar-refractivity contribution in [3.8, 4) is 11.3 Å². The van der Waals surface area contributed by atoms with E-state index in [0.29, 0.717) is 42.2 Å². The topological polar surface area (TPSA) is 64.6 Å². The highest BCUT2D eigenvalue weighted by atomic mass is 35.5. The molecule has 2 aromatic heterocycles. The lowest BCUT2D eigenvalue weighted by molar-refractivity contribution is -0.114. The van der Waals surface area contributed by atoms with E-state index in [0.717, 1.165) is 16.7 Å². The largest absolute Gasteiger partial charge is 0.458 e. The van der Waals surface area contributed by atoms with Crippen molar-refractivity contribution in [2.24, 2.45) is 4.99 Å². The van der Waals surface area contributed by atoms with Crippen LogP contribution in [0.2, 0.25) is 10.0 Å². The van der Waals surface area contributed by atoms with Gasteiger partial charge in [-0.1, -0.05) is 64.4 Å². The number of hydrogen-bond donors (Lipinski definition) is 0. The number of allylic oxidation sites excluding steroid dienone is 2. The Morgan fingerprint density at radius 3 is 2.49 bits per heavy atom. The highest BCUT2D eigenvalue weighted by Crippen LogP contribution is 2.35. The fraction of sp³-hybridized carbons (Fsp3) is 0.148. The van der Waals surface area contributed by atoms with Gasteiger partial charge >= 0.3 is 0 Å². The van der Waals surface area contributed by atoms with Crippen LogP contribution in [0.15, 0.2) is 80.1 Å². The molecule has 0 spiro atoms. The second kappa shape index (κ2) is 9.11. The smallest absolute Gasteiger partial charge is 0.271 e. The maximum atomic E-state index is 13.6. The van der Waals surface area contributed by atoms with E-state index in [-0.39, 0.29) is 11.3 Å². The Labute approximate surface area is 215 Å². The van der Waals surface area contributed by atoms with E-state index < -0.39 is 6.04 Å². The van der Waals surface area contributed by atoms with Crippen LogP contribution in [-0.2, 0) is 4.79 Å². The number of furan rings is 1. The van der Waals surface area contributed by atoms with E-state index in [4.69, 9.17) is 27.6 Å². The summed E-state index contributed by atoms with van der Waals surface area (Å²) in [7, 11) is 0. The summed E-state index contributed by atoms with van der Waals surface area (Å²) >= 11 is 13.5. The zero-order chi connectivity index (χ0) is 24.9. The van der Waals surface area contributed by atoms with Gasteiger partial charge in [-0.3, -0.25) is 14.2 Å². The molecule has 2 aromatic carbocycles. The van der Waals surface area contributed by atoms with Crippen LogP contribution in [-0.4, -0.2) is 10.4 Å². The lowest BCUT2D eigenvalue weighted by atomic mass is 9.98. The van der Waals surface area contributed by atoms with Gasteiger partial charge in [0.1, 0.15) is 17.6 Å². The summed E-state index contributed by atoms with van der Waals surface area (Å²) in [6.07, 6.45) is 1.84. The minimum absolute atomic E-state index is 0.170. The number of nitrogens with zero attached hydrogens (tertiary/aromatic N) is 2. The number of fused-ring (bicyclic) bond motifs is 1. The molecule has 4 aromatic rings. The van der Waals surface area contributed by atoms with E-state index in [2.05, 4.69) is 4.99 Å². The van der Waals surface area contributed by atoms with Crippen LogP contribution >= 0.6 is 34.5 Å². The molecule has 1 aliphatic heterocycles. The Hall–Kier alpha value is -3.19. The fourth-order valence-corrected chi connectivity index (χ4v) is 5.50. The normalized spacial score (nSPS) is 15.8. The second-order valence-electron chi connectivity index (χ2n) is 8.38. The van der Waals surface area contributed by atoms with Crippen LogP contribution in [0.5, 0.6) is 0 Å². The molecule has 0 saturated carbocycles. The Balaban J connectivity index is 1.68. The van der Waals surface area contributed by atoms with Crippen molar-refractivity contribution in [3.63, 3.8) is 0 Å². The molecule has 0 bridgehead atoms. The van der Waals surface area contributed by atoms with Crippen molar-refractivity contribution in [1.29, 1.82) is 0 Å². The standard InChI is InChI=1S/C27H20Cl2N2O3S/c1-14-4-6-17(7-5-14)12-23-26(33)31-25(24(16(3)32)15(2)30-27(31)35-23)22-11-10-21(34-22)18-8-9-19(28)20(29)13-18/h4-13,25H,1-3H3/b23-12+/t25-/m0/s1. The van der Waals surface area contributed by atoms with Crippen LogP contribution in [0.4, 0.5) is 0 Å². The number of thiazole rings is 1. The number of ketones is 1. The molecule has 0 saturated heterocycles. The molecule has 5 nitrogen and oxygen atoms in total. The number of benzene rings is 2. The molecule has 0 fully saturated rings. The first-order valence-corrected chi connectivity index (χ1v) is 12.5. The molecule has 1 aliphatic rings. The summed E-state index contributed by atoms with van der Waals surface area (Å²) in [5.41, 5.74) is 3.56. The molecule has 0 aliphatic carbocycles. The minimum atomic E-state index is -0.722. The average Bonchev–Trinajstić information content (AvgIpc) is 3.41. The van der Waals surface area contributed by atoms with Crippen LogP contribution in [0.1, 0.15) is 36.8 Å². The SMILES string of the molecule is CC(=O)C1=C(C)N=c2s/c(=C/c3ccc(C)cc3)c(=O)n2[C@H]1c1ccc(-c2ccc(Cl)c(Cl)c2)o1. The van der Waals surface area contributed by atoms with Crippen molar-refractivity contribution in [3.05, 3.63) is 112 Å². The van der Waals surface area contributed by atoms with Gasteiger partial charge in [-0.2, -0.15) is 0 Å². The quantitative estimate of drug-likeness (QED) is 0.345. The van der Waals surface area contributed by atoms with Gasteiger partial charge in [0, 0.05) is 16.8 Å². The maximum Gasteiger partial charge on any atom is 0.271 e. The summed E-state index contributed by atoms with van der Waals surface area (Å²) in [6, 6.07) is 16.0. The van der Waals surface area contributed by atoms with Crippen molar-refractivity contribution >= 4 is 46.4 Å². The average molecular weight is 523 g/mol. The third kappa shape index (κ3) is 4.33.